The zero-order valence-electron chi connectivity index (χ0n) is 11.3. The molecule has 20 heavy (non-hydrogen) atoms. The van der Waals surface area contributed by atoms with Gasteiger partial charge in [0, 0.05) is 22.9 Å². The fourth-order valence-electron chi connectivity index (χ4n) is 1.89. The second-order valence-corrected chi connectivity index (χ2v) is 5.28. The van der Waals surface area contributed by atoms with E-state index in [0.717, 1.165) is 15.7 Å². The number of hydrogen-bond donors (Lipinski definition) is 3. The SMILES string of the molecule is CNC(=O)c1ccc(N)cc1Nc1cccc(Br)c1C. The molecule has 0 saturated carbocycles. The highest BCUT2D eigenvalue weighted by molar-refractivity contribution is 9.10. The van der Waals surface area contributed by atoms with E-state index in [1.54, 1.807) is 25.2 Å². The molecule has 0 unspecified atom stereocenters. The van der Waals surface area contributed by atoms with Gasteiger partial charge in [0.2, 0.25) is 0 Å². The molecule has 0 heterocycles. The molecule has 0 bridgehead atoms. The minimum absolute atomic E-state index is 0.153. The molecule has 104 valence electrons. The van der Waals surface area contributed by atoms with Crippen LogP contribution in [0.1, 0.15) is 15.9 Å². The Morgan fingerprint density at radius 3 is 2.65 bits per heavy atom. The number of halogens is 1. The lowest BCUT2D eigenvalue weighted by Crippen LogP contribution is -2.19. The van der Waals surface area contributed by atoms with E-state index in [1.807, 2.05) is 25.1 Å². The van der Waals surface area contributed by atoms with Crippen molar-refractivity contribution in [2.75, 3.05) is 18.1 Å². The van der Waals surface area contributed by atoms with E-state index in [1.165, 1.54) is 0 Å². The Morgan fingerprint density at radius 2 is 1.95 bits per heavy atom. The molecule has 4 nitrogen and oxygen atoms in total. The second kappa shape index (κ2) is 5.96. The van der Waals surface area contributed by atoms with E-state index < -0.39 is 0 Å². The lowest BCUT2D eigenvalue weighted by Gasteiger charge is -2.14. The van der Waals surface area contributed by atoms with Crippen LogP contribution in [-0.2, 0) is 0 Å². The first-order valence-electron chi connectivity index (χ1n) is 6.16. The van der Waals surface area contributed by atoms with E-state index in [4.69, 9.17) is 5.73 Å². The molecular weight excluding hydrogens is 318 g/mol. The van der Waals surface area contributed by atoms with Crippen LogP contribution in [0.4, 0.5) is 17.1 Å². The Hall–Kier alpha value is -2.01. The molecule has 0 aliphatic carbocycles. The summed E-state index contributed by atoms with van der Waals surface area (Å²) in [7, 11) is 1.60. The van der Waals surface area contributed by atoms with Gasteiger partial charge >= 0.3 is 0 Å². The van der Waals surface area contributed by atoms with Crippen molar-refractivity contribution in [3.8, 4) is 0 Å². The summed E-state index contributed by atoms with van der Waals surface area (Å²) in [6.07, 6.45) is 0. The number of nitrogens with two attached hydrogens (primary N) is 1. The molecule has 0 aromatic heterocycles. The topological polar surface area (TPSA) is 67.2 Å². The number of rotatable bonds is 3. The minimum atomic E-state index is -0.153. The van der Waals surface area contributed by atoms with Crippen LogP contribution in [0.15, 0.2) is 40.9 Å². The third-order valence-corrected chi connectivity index (χ3v) is 3.91. The predicted octanol–water partition coefficient (Wildman–Crippen LogP) is 3.44. The summed E-state index contributed by atoms with van der Waals surface area (Å²) < 4.78 is 1.01. The van der Waals surface area contributed by atoms with Gasteiger partial charge in [0.05, 0.1) is 11.3 Å². The number of nitrogen functional groups attached to an aromatic ring is 1. The van der Waals surface area contributed by atoms with E-state index in [0.29, 0.717) is 16.9 Å². The van der Waals surface area contributed by atoms with Crippen molar-refractivity contribution in [3.63, 3.8) is 0 Å². The Bertz CT molecular complexity index is 656. The molecule has 2 rings (SSSR count). The van der Waals surface area contributed by atoms with Crippen LogP contribution in [0, 0.1) is 6.92 Å². The first-order valence-corrected chi connectivity index (χ1v) is 6.96. The molecule has 0 aliphatic rings. The van der Waals surface area contributed by atoms with Crippen LogP contribution in [0.5, 0.6) is 0 Å². The minimum Gasteiger partial charge on any atom is -0.399 e. The van der Waals surface area contributed by atoms with Crippen LogP contribution in [0.3, 0.4) is 0 Å². The number of anilines is 3. The molecule has 5 heteroatoms. The quantitative estimate of drug-likeness (QED) is 0.753. The molecular formula is C15H16BrN3O. The van der Waals surface area contributed by atoms with Crippen LogP contribution >= 0.6 is 15.9 Å². The molecule has 1 amide bonds. The molecule has 0 fully saturated rings. The van der Waals surface area contributed by atoms with Crippen molar-refractivity contribution in [1.29, 1.82) is 0 Å². The summed E-state index contributed by atoms with van der Waals surface area (Å²) >= 11 is 3.49. The molecule has 0 aliphatic heterocycles. The molecule has 4 N–H and O–H groups in total. The van der Waals surface area contributed by atoms with Crippen molar-refractivity contribution >= 4 is 38.9 Å². The van der Waals surface area contributed by atoms with Gasteiger partial charge in [0.1, 0.15) is 0 Å². The summed E-state index contributed by atoms with van der Waals surface area (Å²) in [6, 6.07) is 11.0. The van der Waals surface area contributed by atoms with Gasteiger partial charge in [0.15, 0.2) is 0 Å². The average molecular weight is 334 g/mol. The maximum absolute atomic E-state index is 11.9. The predicted molar refractivity (Wildman–Crippen MR) is 86.4 cm³/mol. The second-order valence-electron chi connectivity index (χ2n) is 4.42. The van der Waals surface area contributed by atoms with Gasteiger partial charge in [0.25, 0.3) is 5.91 Å². The Labute approximate surface area is 126 Å². The van der Waals surface area contributed by atoms with Crippen molar-refractivity contribution in [2.45, 2.75) is 6.92 Å². The molecule has 0 spiro atoms. The highest BCUT2D eigenvalue weighted by Gasteiger charge is 2.11. The number of amides is 1. The van der Waals surface area contributed by atoms with Crippen LogP contribution < -0.4 is 16.4 Å². The summed E-state index contributed by atoms with van der Waals surface area (Å²) in [4.78, 5) is 11.9. The van der Waals surface area contributed by atoms with Gasteiger partial charge in [-0.2, -0.15) is 0 Å². The van der Waals surface area contributed by atoms with Crippen LogP contribution in [-0.4, -0.2) is 13.0 Å². The summed E-state index contributed by atoms with van der Waals surface area (Å²) in [5.41, 5.74) is 9.65. The number of hydrogen-bond acceptors (Lipinski definition) is 3. The van der Waals surface area contributed by atoms with E-state index >= 15 is 0 Å². The molecule has 0 atom stereocenters. The Morgan fingerprint density at radius 1 is 1.20 bits per heavy atom. The normalized spacial score (nSPS) is 10.2. The maximum Gasteiger partial charge on any atom is 0.253 e. The number of carbonyl (C=O) groups is 1. The lowest BCUT2D eigenvalue weighted by molar-refractivity contribution is 0.0964. The summed E-state index contributed by atoms with van der Waals surface area (Å²) in [5, 5.41) is 5.89. The number of carbonyl (C=O) groups excluding carboxylic acids is 1. The van der Waals surface area contributed by atoms with Crippen LogP contribution in [0.25, 0.3) is 0 Å². The van der Waals surface area contributed by atoms with Crippen molar-refractivity contribution in [2.24, 2.45) is 0 Å². The van der Waals surface area contributed by atoms with Gasteiger partial charge in [-0.15, -0.1) is 0 Å². The average Bonchev–Trinajstić information content (AvgIpc) is 2.43. The summed E-state index contributed by atoms with van der Waals surface area (Å²) in [5.74, 6) is -0.153. The van der Waals surface area contributed by atoms with E-state index in [9.17, 15) is 4.79 Å². The fraction of sp³-hybridized carbons (Fsp3) is 0.133. The van der Waals surface area contributed by atoms with Gasteiger partial charge in [-0.3, -0.25) is 4.79 Å². The smallest absolute Gasteiger partial charge is 0.253 e. The number of benzene rings is 2. The van der Waals surface area contributed by atoms with Crippen molar-refractivity contribution < 1.29 is 4.79 Å². The summed E-state index contributed by atoms with van der Waals surface area (Å²) in [6.45, 7) is 2.00. The third-order valence-electron chi connectivity index (χ3n) is 3.05. The first kappa shape index (κ1) is 14.4. The van der Waals surface area contributed by atoms with Gasteiger partial charge < -0.3 is 16.4 Å². The third kappa shape index (κ3) is 2.93. The molecule has 2 aromatic carbocycles. The first-order chi connectivity index (χ1) is 9.52. The van der Waals surface area contributed by atoms with Gasteiger partial charge in [-0.05, 0) is 42.8 Å². The monoisotopic (exact) mass is 333 g/mol. The number of nitrogens with one attached hydrogen (secondary N) is 2. The Balaban J connectivity index is 2.44. The fourth-order valence-corrected chi connectivity index (χ4v) is 2.25. The molecule has 0 saturated heterocycles. The zero-order valence-corrected chi connectivity index (χ0v) is 12.9. The standard InChI is InChI=1S/C15H16BrN3O/c1-9-12(16)4-3-5-13(9)19-14-8-10(17)6-7-11(14)15(20)18-2/h3-8,19H,17H2,1-2H3,(H,18,20). The highest BCUT2D eigenvalue weighted by atomic mass is 79.9. The van der Waals surface area contributed by atoms with Crippen LogP contribution in [0.2, 0.25) is 0 Å². The zero-order chi connectivity index (χ0) is 14.7. The largest absolute Gasteiger partial charge is 0.399 e. The molecule has 0 radical (unpaired) electrons. The van der Waals surface area contributed by atoms with E-state index in [2.05, 4.69) is 26.6 Å². The van der Waals surface area contributed by atoms with E-state index in [-0.39, 0.29) is 5.91 Å². The maximum atomic E-state index is 11.9. The Kier molecular flexibility index (Phi) is 4.29. The van der Waals surface area contributed by atoms with Gasteiger partial charge in [-0.1, -0.05) is 22.0 Å². The van der Waals surface area contributed by atoms with Crippen molar-refractivity contribution in [3.05, 3.63) is 52.0 Å². The highest BCUT2D eigenvalue weighted by Crippen LogP contribution is 2.29. The lowest BCUT2D eigenvalue weighted by atomic mass is 10.1. The van der Waals surface area contributed by atoms with Crippen molar-refractivity contribution in [1.82, 2.24) is 5.32 Å². The molecule has 2 aromatic rings. The van der Waals surface area contributed by atoms with Gasteiger partial charge in [-0.25, -0.2) is 0 Å².